The summed E-state index contributed by atoms with van der Waals surface area (Å²) in [5.41, 5.74) is 3.66. The van der Waals surface area contributed by atoms with Crippen LogP contribution in [0, 0.1) is 13.8 Å². The molecule has 1 aliphatic rings. The third kappa shape index (κ3) is 4.41. The van der Waals surface area contributed by atoms with Crippen molar-refractivity contribution in [1.82, 2.24) is 5.32 Å². The Bertz CT molecular complexity index is 1050. The minimum absolute atomic E-state index is 0.179. The molecular formula is C23H24N2O4S. The van der Waals surface area contributed by atoms with Crippen LogP contribution in [0.25, 0.3) is 0 Å². The number of methoxy groups -OCH3 is 1. The van der Waals surface area contributed by atoms with E-state index in [9.17, 15) is 14.4 Å². The average molecular weight is 425 g/mol. The molecule has 3 rings (SSSR count). The topological polar surface area (TPSA) is 84.5 Å². The van der Waals surface area contributed by atoms with E-state index in [0.29, 0.717) is 21.7 Å². The van der Waals surface area contributed by atoms with Crippen molar-refractivity contribution in [2.24, 2.45) is 0 Å². The summed E-state index contributed by atoms with van der Waals surface area (Å²) in [5.74, 6) is -1.31. The molecule has 1 atom stereocenters. The molecule has 0 saturated heterocycles. The quantitative estimate of drug-likeness (QED) is 0.710. The second kappa shape index (κ2) is 8.75. The molecule has 0 spiro atoms. The van der Waals surface area contributed by atoms with E-state index in [0.717, 1.165) is 22.9 Å². The number of hydrogen-bond donors (Lipinski definition) is 2. The van der Waals surface area contributed by atoms with Gasteiger partial charge in [-0.15, -0.1) is 0 Å². The Morgan fingerprint density at radius 2 is 1.73 bits per heavy atom. The lowest BCUT2D eigenvalue weighted by Gasteiger charge is -2.27. The summed E-state index contributed by atoms with van der Waals surface area (Å²) in [6.45, 7) is 5.54. The molecule has 1 heterocycles. The number of aryl methyl sites for hydroxylation is 2. The third-order valence-electron chi connectivity index (χ3n) is 4.88. The van der Waals surface area contributed by atoms with Gasteiger partial charge in [-0.3, -0.25) is 9.59 Å². The Balaban J connectivity index is 1.83. The molecule has 156 valence electrons. The molecule has 2 aromatic carbocycles. The van der Waals surface area contributed by atoms with Crippen molar-refractivity contribution in [3.63, 3.8) is 0 Å². The van der Waals surface area contributed by atoms with Crippen LogP contribution in [0.15, 0.2) is 59.0 Å². The number of benzene rings is 2. The highest BCUT2D eigenvalue weighted by Gasteiger charge is 2.49. The number of thioether (sulfide) groups is 1. The van der Waals surface area contributed by atoms with Gasteiger partial charge in [0.25, 0.3) is 11.8 Å². The van der Waals surface area contributed by atoms with Crippen LogP contribution in [0.1, 0.15) is 34.8 Å². The number of hydrogen-bond acceptors (Lipinski definition) is 5. The molecule has 2 amide bonds. The molecular weight excluding hydrogens is 400 g/mol. The first-order chi connectivity index (χ1) is 14.3. The number of amides is 2. The first-order valence-electron chi connectivity index (χ1n) is 9.49. The molecule has 2 N–H and O–H groups in total. The van der Waals surface area contributed by atoms with Crippen molar-refractivity contribution in [1.29, 1.82) is 0 Å². The van der Waals surface area contributed by atoms with E-state index in [1.165, 1.54) is 7.11 Å². The van der Waals surface area contributed by atoms with Gasteiger partial charge >= 0.3 is 5.97 Å². The predicted octanol–water partition coefficient (Wildman–Crippen LogP) is 3.95. The predicted molar refractivity (Wildman–Crippen MR) is 118 cm³/mol. The van der Waals surface area contributed by atoms with Gasteiger partial charge in [0.1, 0.15) is 0 Å². The van der Waals surface area contributed by atoms with Gasteiger partial charge in [0.2, 0.25) is 0 Å². The minimum atomic E-state index is -1.39. The smallest absolute Gasteiger partial charge is 0.342 e. The number of carbonyl (C=O) groups is 3. The number of esters is 1. The lowest BCUT2D eigenvalue weighted by molar-refractivity contribution is -0.144. The molecule has 0 fully saturated rings. The van der Waals surface area contributed by atoms with Crippen LogP contribution in [0.3, 0.4) is 0 Å². The minimum Gasteiger partial charge on any atom is -0.467 e. The summed E-state index contributed by atoms with van der Waals surface area (Å²) in [7, 11) is 1.27. The molecule has 0 saturated carbocycles. The number of nitrogens with one attached hydrogen (secondary N) is 2. The second-order valence-corrected chi connectivity index (χ2v) is 8.61. The zero-order valence-corrected chi connectivity index (χ0v) is 18.2. The molecule has 0 bridgehead atoms. The van der Waals surface area contributed by atoms with Crippen molar-refractivity contribution in [3.05, 3.63) is 75.7 Å². The summed E-state index contributed by atoms with van der Waals surface area (Å²) in [6, 6.07) is 14.6. The second-order valence-electron chi connectivity index (χ2n) is 7.30. The molecule has 2 aromatic rings. The van der Waals surface area contributed by atoms with Crippen molar-refractivity contribution in [2.75, 3.05) is 12.4 Å². The maximum atomic E-state index is 12.9. The summed E-state index contributed by atoms with van der Waals surface area (Å²) in [5, 5.41) is 5.68. The molecule has 7 heteroatoms. The van der Waals surface area contributed by atoms with Crippen LogP contribution in [-0.4, -0.2) is 29.8 Å². The summed E-state index contributed by atoms with van der Waals surface area (Å²) >= 11 is 1.02. The standard InChI is InChI=1S/C23H24N2O4S/c1-14-8-7-10-17(12-14)24-21(27)19-16(3)13-23(30-19,22(28)29-4)25-20(26)18-11-6-5-9-15(18)2/h5-12H,13H2,1-4H3,(H,24,27)(H,25,26). The van der Waals surface area contributed by atoms with Gasteiger partial charge in [-0.05, 0) is 50.1 Å². The Labute approximate surface area is 180 Å². The maximum absolute atomic E-state index is 12.9. The number of anilines is 1. The highest BCUT2D eigenvalue weighted by atomic mass is 32.2. The van der Waals surface area contributed by atoms with Crippen LogP contribution in [0.5, 0.6) is 0 Å². The lowest BCUT2D eigenvalue weighted by Crippen LogP contribution is -2.51. The van der Waals surface area contributed by atoms with E-state index >= 15 is 0 Å². The van der Waals surface area contributed by atoms with Gasteiger partial charge in [-0.1, -0.05) is 47.7 Å². The lowest BCUT2D eigenvalue weighted by atomic mass is 10.0. The Hall–Kier alpha value is -3.06. The van der Waals surface area contributed by atoms with Crippen molar-refractivity contribution >= 4 is 35.2 Å². The van der Waals surface area contributed by atoms with E-state index in [1.54, 1.807) is 25.1 Å². The first-order valence-corrected chi connectivity index (χ1v) is 10.3. The van der Waals surface area contributed by atoms with Gasteiger partial charge in [0.15, 0.2) is 4.87 Å². The first kappa shape index (κ1) is 21.6. The fourth-order valence-corrected chi connectivity index (χ4v) is 4.72. The van der Waals surface area contributed by atoms with Gasteiger partial charge < -0.3 is 15.4 Å². The third-order valence-corrected chi connectivity index (χ3v) is 6.38. The van der Waals surface area contributed by atoms with E-state index < -0.39 is 10.8 Å². The van der Waals surface area contributed by atoms with Gasteiger partial charge in [0, 0.05) is 17.7 Å². The summed E-state index contributed by atoms with van der Waals surface area (Å²) in [4.78, 5) is 37.5. The molecule has 0 radical (unpaired) electrons. The average Bonchev–Trinajstić information content (AvgIpc) is 3.05. The van der Waals surface area contributed by atoms with Gasteiger partial charge in [-0.25, -0.2) is 4.79 Å². The van der Waals surface area contributed by atoms with Crippen molar-refractivity contribution < 1.29 is 19.1 Å². The fourth-order valence-electron chi connectivity index (χ4n) is 3.38. The molecule has 6 nitrogen and oxygen atoms in total. The SMILES string of the molecule is COC(=O)C1(NC(=O)c2ccccc2C)CC(C)=C(C(=O)Nc2cccc(C)c2)S1. The number of rotatable bonds is 5. The zero-order chi connectivity index (χ0) is 21.9. The highest BCUT2D eigenvalue weighted by molar-refractivity contribution is 8.06. The normalized spacial score (nSPS) is 18.1. The maximum Gasteiger partial charge on any atom is 0.342 e. The van der Waals surface area contributed by atoms with Crippen molar-refractivity contribution in [2.45, 2.75) is 32.1 Å². The van der Waals surface area contributed by atoms with Crippen LogP contribution in [-0.2, 0) is 14.3 Å². The zero-order valence-electron chi connectivity index (χ0n) is 17.4. The Kier molecular flexibility index (Phi) is 6.31. The molecule has 30 heavy (non-hydrogen) atoms. The Morgan fingerprint density at radius 1 is 1.00 bits per heavy atom. The molecule has 0 aliphatic carbocycles. The van der Waals surface area contributed by atoms with Crippen LogP contribution >= 0.6 is 11.8 Å². The van der Waals surface area contributed by atoms with Gasteiger partial charge in [-0.2, -0.15) is 0 Å². The van der Waals surface area contributed by atoms with Crippen LogP contribution in [0.2, 0.25) is 0 Å². The number of ether oxygens (including phenoxy) is 1. The van der Waals surface area contributed by atoms with Crippen molar-refractivity contribution in [3.8, 4) is 0 Å². The summed E-state index contributed by atoms with van der Waals surface area (Å²) in [6.07, 6.45) is 0.179. The van der Waals surface area contributed by atoms with Crippen LogP contribution < -0.4 is 10.6 Å². The highest BCUT2D eigenvalue weighted by Crippen LogP contribution is 2.46. The van der Waals surface area contributed by atoms with E-state index in [4.69, 9.17) is 4.74 Å². The largest absolute Gasteiger partial charge is 0.467 e. The number of carbonyl (C=O) groups excluding carboxylic acids is 3. The summed E-state index contributed by atoms with van der Waals surface area (Å²) < 4.78 is 4.98. The monoisotopic (exact) mass is 424 g/mol. The van der Waals surface area contributed by atoms with E-state index in [1.807, 2.05) is 44.2 Å². The Morgan fingerprint density at radius 3 is 2.40 bits per heavy atom. The van der Waals surface area contributed by atoms with E-state index in [-0.39, 0.29) is 18.2 Å². The fraction of sp³-hybridized carbons (Fsp3) is 0.261. The van der Waals surface area contributed by atoms with Gasteiger partial charge in [0.05, 0.1) is 12.0 Å². The van der Waals surface area contributed by atoms with E-state index in [2.05, 4.69) is 10.6 Å². The molecule has 1 unspecified atom stereocenters. The molecule has 0 aromatic heterocycles. The molecule has 1 aliphatic heterocycles. The van der Waals surface area contributed by atoms with Crippen LogP contribution in [0.4, 0.5) is 5.69 Å².